The van der Waals surface area contributed by atoms with E-state index in [9.17, 15) is 0 Å². The van der Waals surface area contributed by atoms with Crippen molar-refractivity contribution in [2.45, 2.75) is 12.5 Å². The number of hydrogen-bond donors (Lipinski definition) is 2. The summed E-state index contributed by atoms with van der Waals surface area (Å²) in [6.07, 6.45) is 1.04. The quantitative estimate of drug-likeness (QED) is 0.498. The van der Waals surface area contributed by atoms with Crippen LogP contribution in [0.4, 0.5) is 0 Å². The van der Waals surface area contributed by atoms with E-state index in [0.717, 1.165) is 18.0 Å². The van der Waals surface area contributed by atoms with Gasteiger partial charge in [0.1, 0.15) is 0 Å². The van der Waals surface area contributed by atoms with Crippen LogP contribution in [0.1, 0.15) is 12.0 Å². The molecule has 0 amide bonds. The first-order chi connectivity index (χ1) is 8.22. The molecule has 1 unspecified atom stereocenters. The van der Waals surface area contributed by atoms with Gasteiger partial charge in [-0.3, -0.25) is 0 Å². The molecule has 2 aliphatic rings. The first-order valence-electron chi connectivity index (χ1n) is 5.52. The van der Waals surface area contributed by atoms with Gasteiger partial charge in [-0.15, -0.1) is 0 Å². The molecule has 1 aromatic rings. The second kappa shape index (κ2) is 4.70. The maximum atomic E-state index is 6.35. The molecule has 3 N–H and O–H groups in total. The summed E-state index contributed by atoms with van der Waals surface area (Å²) >= 11 is 12.3. The first-order valence-corrected chi connectivity index (χ1v) is 8.43. The average molecular weight is 382 g/mol. The predicted molar refractivity (Wildman–Crippen MR) is 67.5 cm³/mol. The van der Waals surface area contributed by atoms with Crippen LogP contribution in [0, 0.1) is 3.57 Å². The van der Waals surface area contributed by atoms with Gasteiger partial charge in [-0.25, -0.2) is 0 Å². The van der Waals surface area contributed by atoms with E-state index in [2.05, 4.69) is 11.4 Å². The number of benzene rings is 1. The number of nitrogens with one attached hydrogen (secondary N) is 1. The number of nitrogens with two attached hydrogens (primary N) is 1. The molecule has 0 bridgehead atoms. The fraction of sp³-hybridized carbons (Fsp3) is 0.333. The summed E-state index contributed by atoms with van der Waals surface area (Å²) in [5.41, 5.74) is 8.45. The van der Waals surface area contributed by atoms with Crippen LogP contribution in [0.5, 0.6) is 0 Å². The van der Waals surface area contributed by atoms with Crippen LogP contribution in [0.2, 0.25) is 10.0 Å². The molecule has 0 aromatic heterocycles. The molecule has 0 saturated heterocycles. The Morgan fingerprint density at radius 2 is 2.24 bits per heavy atom. The van der Waals surface area contributed by atoms with E-state index in [1.165, 1.54) is 18.3 Å². The van der Waals surface area contributed by atoms with Gasteiger partial charge in [0.25, 0.3) is 0 Å². The van der Waals surface area contributed by atoms with Crippen LogP contribution in [0.15, 0.2) is 15.7 Å². The summed E-state index contributed by atoms with van der Waals surface area (Å²) in [4.78, 5) is 0. The summed E-state index contributed by atoms with van der Waals surface area (Å²) < 4.78 is 2.90. The van der Waals surface area contributed by atoms with Crippen molar-refractivity contribution in [2.24, 2.45) is 5.73 Å². The summed E-state index contributed by atoms with van der Waals surface area (Å²) in [7, 11) is 0. The molecule has 2 nitrogen and oxygen atoms in total. The molecule has 92 valence electrons. The number of halogens is 3. The van der Waals surface area contributed by atoms with Gasteiger partial charge in [-0.1, -0.05) is 0 Å². The Hall–Kier alpha value is 0.190. The molecule has 0 radical (unpaired) electrons. The maximum absolute atomic E-state index is 6.35. The van der Waals surface area contributed by atoms with Crippen molar-refractivity contribution < 1.29 is 21.2 Å². The molecule has 2 heterocycles. The second-order valence-corrected chi connectivity index (χ2v) is 7.78. The third-order valence-corrected chi connectivity index (χ3v) is 7.41. The molecule has 1 aromatic carbocycles. The van der Waals surface area contributed by atoms with Crippen molar-refractivity contribution in [1.82, 2.24) is 5.32 Å². The first kappa shape index (κ1) is 12.2. The Kier molecular flexibility index (Phi) is 3.38. The van der Waals surface area contributed by atoms with Crippen LogP contribution >= 0.6 is 23.2 Å². The molecule has 0 fully saturated rings. The Bertz CT molecular complexity index is 513. The van der Waals surface area contributed by atoms with E-state index < -0.39 is 0 Å². The van der Waals surface area contributed by atoms with Crippen LogP contribution in [0.3, 0.4) is 0 Å². The summed E-state index contributed by atoms with van der Waals surface area (Å²) in [6.45, 7) is 1.64. The summed E-state index contributed by atoms with van der Waals surface area (Å²) in [5, 5.41) is 4.86. The van der Waals surface area contributed by atoms with E-state index in [-0.39, 0.29) is 21.2 Å². The number of hydrogen-bond acceptors (Lipinski definition) is 2. The van der Waals surface area contributed by atoms with E-state index >= 15 is 0 Å². The van der Waals surface area contributed by atoms with E-state index in [0.29, 0.717) is 17.6 Å². The molecule has 0 aliphatic carbocycles. The molecule has 3 rings (SSSR count). The number of rotatable bonds is 1. The summed E-state index contributed by atoms with van der Waals surface area (Å²) in [6, 6.07) is 4.38. The van der Waals surface area contributed by atoms with Crippen molar-refractivity contribution in [1.29, 1.82) is 0 Å². The molecule has 0 saturated carbocycles. The van der Waals surface area contributed by atoms with Crippen LogP contribution in [-0.2, 0) is 0 Å². The molecule has 5 heteroatoms. The van der Waals surface area contributed by atoms with Crippen molar-refractivity contribution >= 4 is 28.8 Å². The molecule has 17 heavy (non-hydrogen) atoms. The molecular formula is C12H12Cl2IN2-. The van der Waals surface area contributed by atoms with E-state index in [1.807, 2.05) is 6.07 Å². The second-order valence-electron chi connectivity index (χ2n) is 4.13. The van der Waals surface area contributed by atoms with Crippen molar-refractivity contribution in [3.63, 3.8) is 0 Å². The molecule has 1 atom stereocenters. The van der Waals surface area contributed by atoms with E-state index in [1.54, 1.807) is 0 Å². The fourth-order valence-electron chi connectivity index (χ4n) is 2.34. The minimum absolute atomic E-state index is 0.121. The monoisotopic (exact) mass is 381 g/mol. The summed E-state index contributed by atoms with van der Waals surface area (Å²) in [5.74, 6) is 0. The Balaban J connectivity index is 2.14. The standard InChI is InChI=1S/C12H12Cl2IN2/c13-7-1-2-8-10(11(7)14)6-3-4-17-9(5-16)12(6)15-8/h1-2,9,17H,3-5,16H2/q-1. The van der Waals surface area contributed by atoms with Gasteiger partial charge < -0.3 is 0 Å². The minimum atomic E-state index is -0.121. The van der Waals surface area contributed by atoms with Gasteiger partial charge in [-0.2, -0.15) is 0 Å². The Labute approximate surface area is 121 Å². The van der Waals surface area contributed by atoms with Crippen molar-refractivity contribution in [2.75, 3.05) is 13.1 Å². The average Bonchev–Trinajstić information content (AvgIpc) is 2.72. The molecule has 2 aliphatic heterocycles. The van der Waals surface area contributed by atoms with Gasteiger partial charge in [0, 0.05) is 0 Å². The van der Waals surface area contributed by atoms with Gasteiger partial charge in [-0.05, 0) is 0 Å². The zero-order valence-electron chi connectivity index (χ0n) is 9.06. The zero-order chi connectivity index (χ0) is 12.0. The van der Waals surface area contributed by atoms with Crippen LogP contribution in [0.25, 0.3) is 5.57 Å². The van der Waals surface area contributed by atoms with Crippen molar-refractivity contribution in [3.8, 4) is 0 Å². The molecule has 0 spiro atoms. The van der Waals surface area contributed by atoms with Crippen molar-refractivity contribution in [3.05, 3.63) is 34.9 Å². The van der Waals surface area contributed by atoms with Gasteiger partial charge in [0.15, 0.2) is 0 Å². The van der Waals surface area contributed by atoms with Crippen LogP contribution < -0.4 is 32.3 Å². The predicted octanol–water partition coefficient (Wildman–Crippen LogP) is -0.703. The van der Waals surface area contributed by atoms with Gasteiger partial charge in [0.05, 0.1) is 0 Å². The van der Waals surface area contributed by atoms with E-state index in [4.69, 9.17) is 28.9 Å². The van der Waals surface area contributed by atoms with Crippen LogP contribution in [-0.4, -0.2) is 19.1 Å². The topological polar surface area (TPSA) is 38.0 Å². The fourth-order valence-corrected chi connectivity index (χ4v) is 6.50. The Morgan fingerprint density at radius 1 is 1.41 bits per heavy atom. The SMILES string of the molecule is NCC1NCCC2=C1[I-]c1ccc(Cl)c(Cl)c12. The number of fused-ring (bicyclic) bond motifs is 2. The normalized spacial score (nSPS) is 23.1. The zero-order valence-corrected chi connectivity index (χ0v) is 12.7. The van der Waals surface area contributed by atoms with Gasteiger partial charge in [0.2, 0.25) is 0 Å². The Morgan fingerprint density at radius 3 is 3.00 bits per heavy atom. The third kappa shape index (κ3) is 1.92. The molecular weight excluding hydrogens is 370 g/mol. The third-order valence-electron chi connectivity index (χ3n) is 3.15. The van der Waals surface area contributed by atoms with Gasteiger partial charge >= 0.3 is 121 Å².